The SMILES string of the molecule is CCOc1nc(N)nc(NCCc2nc(C)no2)n1. The molecule has 9 nitrogen and oxygen atoms in total. The molecular weight excluding hydrogens is 250 g/mol. The van der Waals surface area contributed by atoms with Crippen LogP contribution in [0.3, 0.4) is 0 Å². The van der Waals surface area contributed by atoms with E-state index < -0.39 is 0 Å². The fourth-order valence-electron chi connectivity index (χ4n) is 1.37. The van der Waals surface area contributed by atoms with Crippen molar-refractivity contribution in [1.29, 1.82) is 0 Å². The second-order valence-electron chi connectivity index (χ2n) is 3.64. The molecule has 2 aromatic heterocycles. The maximum atomic E-state index is 5.55. The normalized spacial score (nSPS) is 10.4. The monoisotopic (exact) mass is 265 g/mol. The minimum Gasteiger partial charge on any atom is -0.464 e. The highest BCUT2D eigenvalue weighted by molar-refractivity contribution is 5.32. The van der Waals surface area contributed by atoms with Crippen molar-refractivity contribution in [2.75, 3.05) is 24.2 Å². The molecule has 0 aliphatic carbocycles. The third-order valence-corrected chi connectivity index (χ3v) is 2.10. The molecule has 2 aromatic rings. The van der Waals surface area contributed by atoms with Crippen LogP contribution in [-0.4, -0.2) is 38.2 Å². The Morgan fingerprint density at radius 3 is 2.79 bits per heavy atom. The lowest BCUT2D eigenvalue weighted by Crippen LogP contribution is -2.11. The highest BCUT2D eigenvalue weighted by Gasteiger charge is 2.06. The maximum absolute atomic E-state index is 5.55. The predicted octanol–water partition coefficient (Wildman–Crippen LogP) is 0.199. The minimum absolute atomic E-state index is 0.106. The number of aryl methyl sites for hydroxylation is 1. The molecule has 0 saturated heterocycles. The Labute approximate surface area is 109 Å². The summed E-state index contributed by atoms with van der Waals surface area (Å²) in [5.74, 6) is 1.62. The van der Waals surface area contributed by atoms with Crippen LogP contribution in [0.2, 0.25) is 0 Å². The summed E-state index contributed by atoms with van der Waals surface area (Å²) in [4.78, 5) is 15.9. The van der Waals surface area contributed by atoms with Crippen LogP contribution in [0.25, 0.3) is 0 Å². The number of anilines is 2. The van der Waals surface area contributed by atoms with Gasteiger partial charge in [-0.1, -0.05) is 5.16 Å². The van der Waals surface area contributed by atoms with Crippen molar-refractivity contribution in [2.45, 2.75) is 20.3 Å². The van der Waals surface area contributed by atoms with E-state index in [2.05, 4.69) is 30.4 Å². The fraction of sp³-hybridized carbons (Fsp3) is 0.500. The molecule has 19 heavy (non-hydrogen) atoms. The van der Waals surface area contributed by atoms with E-state index in [9.17, 15) is 0 Å². The molecule has 0 atom stereocenters. The lowest BCUT2D eigenvalue weighted by molar-refractivity contribution is 0.312. The van der Waals surface area contributed by atoms with E-state index in [1.165, 1.54) is 0 Å². The molecule has 9 heteroatoms. The van der Waals surface area contributed by atoms with Gasteiger partial charge in [-0.05, 0) is 13.8 Å². The van der Waals surface area contributed by atoms with Crippen LogP contribution < -0.4 is 15.8 Å². The Morgan fingerprint density at radius 1 is 1.26 bits per heavy atom. The van der Waals surface area contributed by atoms with Gasteiger partial charge in [0, 0.05) is 13.0 Å². The highest BCUT2D eigenvalue weighted by atomic mass is 16.5. The number of rotatable bonds is 6. The molecule has 3 N–H and O–H groups in total. The summed E-state index contributed by atoms with van der Waals surface area (Å²) >= 11 is 0. The molecular formula is C10H15N7O2. The van der Waals surface area contributed by atoms with E-state index in [0.29, 0.717) is 37.2 Å². The zero-order valence-electron chi connectivity index (χ0n) is 10.8. The average molecular weight is 265 g/mol. The molecule has 0 unspecified atom stereocenters. The van der Waals surface area contributed by atoms with Crippen LogP contribution >= 0.6 is 0 Å². The molecule has 0 amide bonds. The second kappa shape index (κ2) is 5.94. The highest BCUT2D eigenvalue weighted by Crippen LogP contribution is 2.08. The number of ether oxygens (including phenoxy) is 1. The summed E-state index contributed by atoms with van der Waals surface area (Å²) in [5, 5.41) is 6.69. The van der Waals surface area contributed by atoms with Crippen molar-refractivity contribution in [3.63, 3.8) is 0 Å². The van der Waals surface area contributed by atoms with Gasteiger partial charge < -0.3 is 20.3 Å². The van der Waals surface area contributed by atoms with Crippen LogP contribution in [0.5, 0.6) is 6.01 Å². The van der Waals surface area contributed by atoms with Crippen LogP contribution in [0.15, 0.2) is 4.52 Å². The van der Waals surface area contributed by atoms with Gasteiger partial charge in [-0.3, -0.25) is 0 Å². The van der Waals surface area contributed by atoms with Gasteiger partial charge in [-0.25, -0.2) is 0 Å². The van der Waals surface area contributed by atoms with Gasteiger partial charge in [-0.2, -0.15) is 19.9 Å². The van der Waals surface area contributed by atoms with E-state index in [-0.39, 0.29) is 12.0 Å². The predicted molar refractivity (Wildman–Crippen MR) is 66.6 cm³/mol. The topological polar surface area (TPSA) is 125 Å². The van der Waals surface area contributed by atoms with E-state index in [4.69, 9.17) is 15.0 Å². The first kappa shape index (κ1) is 13.0. The van der Waals surface area contributed by atoms with Crippen LogP contribution in [0, 0.1) is 6.92 Å². The van der Waals surface area contributed by atoms with Gasteiger partial charge in [0.2, 0.25) is 17.8 Å². The van der Waals surface area contributed by atoms with Gasteiger partial charge >= 0.3 is 6.01 Å². The van der Waals surface area contributed by atoms with Crippen molar-refractivity contribution in [3.05, 3.63) is 11.7 Å². The molecule has 0 bridgehead atoms. The zero-order valence-corrected chi connectivity index (χ0v) is 10.8. The standard InChI is InChI=1S/C10H15N7O2/c1-3-18-10-15-8(11)14-9(16-10)12-5-4-7-13-6(2)17-19-7/h3-5H2,1-2H3,(H3,11,12,14,15,16). The van der Waals surface area contributed by atoms with E-state index in [1.54, 1.807) is 6.92 Å². The van der Waals surface area contributed by atoms with E-state index in [0.717, 1.165) is 0 Å². The minimum atomic E-state index is 0.106. The van der Waals surface area contributed by atoms with Gasteiger partial charge in [-0.15, -0.1) is 0 Å². The average Bonchev–Trinajstić information content (AvgIpc) is 2.75. The molecule has 0 spiro atoms. The zero-order chi connectivity index (χ0) is 13.7. The van der Waals surface area contributed by atoms with Crippen molar-refractivity contribution in [2.24, 2.45) is 0 Å². The molecule has 0 fully saturated rings. The molecule has 0 aliphatic rings. The Kier molecular flexibility index (Phi) is 4.06. The quantitative estimate of drug-likeness (QED) is 0.753. The summed E-state index contributed by atoms with van der Waals surface area (Å²) in [5.41, 5.74) is 5.55. The summed E-state index contributed by atoms with van der Waals surface area (Å²) in [6.07, 6.45) is 0.566. The molecule has 102 valence electrons. The summed E-state index contributed by atoms with van der Waals surface area (Å²) < 4.78 is 10.2. The van der Waals surface area contributed by atoms with Crippen LogP contribution in [0.4, 0.5) is 11.9 Å². The Morgan fingerprint density at radius 2 is 2.11 bits per heavy atom. The number of nitrogens with two attached hydrogens (primary N) is 1. The number of nitrogens with zero attached hydrogens (tertiary/aromatic N) is 5. The lowest BCUT2D eigenvalue weighted by Gasteiger charge is -2.06. The summed E-state index contributed by atoms with van der Waals surface area (Å²) in [6.45, 7) is 4.60. The number of nitrogen functional groups attached to an aromatic ring is 1. The first-order valence-corrected chi connectivity index (χ1v) is 5.84. The van der Waals surface area contributed by atoms with Gasteiger partial charge in [0.1, 0.15) is 0 Å². The molecule has 2 heterocycles. The second-order valence-corrected chi connectivity index (χ2v) is 3.64. The first-order chi connectivity index (χ1) is 9.17. The Balaban J connectivity index is 1.91. The summed E-state index contributed by atoms with van der Waals surface area (Å²) in [6, 6.07) is 0.200. The van der Waals surface area contributed by atoms with Crippen LogP contribution in [0.1, 0.15) is 18.6 Å². The molecule has 0 aliphatic heterocycles. The van der Waals surface area contributed by atoms with Crippen LogP contribution in [-0.2, 0) is 6.42 Å². The van der Waals surface area contributed by atoms with Crippen molar-refractivity contribution < 1.29 is 9.26 Å². The number of nitrogens with one attached hydrogen (secondary N) is 1. The first-order valence-electron chi connectivity index (χ1n) is 5.84. The lowest BCUT2D eigenvalue weighted by atomic mass is 10.4. The van der Waals surface area contributed by atoms with Crippen molar-refractivity contribution in [3.8, 4) is 6.01 Å². The molecule has 0 aromatic carbocycles. The fourth-order valence-corrected chi connectivity index (χ4v) is 1.37. The summed E-state index contributed by atoms with van der Waals surface area (Å²) in [7, 11) is 0. The van der Waals surface area contributed by atoms with E-state index >= 15 is 0 Å². The van der Waals surface area contributed by atoms with Crippen molar-refractivity contribution in [1.82, 2.24) is 25.1 Å². The Bertz CT molecular complexity index is 542. The largest absolute Gasteiger partial charge is 0.464 e. The van der Waals surface area contributed by atoms with Gasteiger partial charge in [0.15, 0.2) is 5.82 Å². The number of hydrogen-bond acceptors (Lipinski definition) is 9. The smallest absolute Gasteiger partial charge is 0.323 e. The van der Waals surface area contributed by atoms with Gasteiger partial charge in [0.05, 0.1) is 6.61 Å². The number of aromatic nitrogens is 5. The number of hydrogen-bond donors (Lipinski definition) is 2. The van der Waals surface area contributed by atoms with E-state index in [1.807, 2.05) is 6.92 Å². The van der Waals surface area contributed by atoms with Gasteiger partial charge in [0.25, 0.3) is 0 Å². The molecule has 0 radical (unpaired) electrons. The third kappa shape index (κ3) is 3.76. The molecule has 0 saturated carbocycles. The molecule has 2 rings (SSSR count). The maximum Gasteiger partial charge on any atom is 0.323 e. The van der Waals surface area contributed by atoms with Crippen molar-refractivity contribution >= 4 is 11.9 Å². The third-order valence-electron chi connectivity index (χ3n) is 2.10. The Hall–Kier alpha value is -2.45.